The molecule has 1 atom stereocenters. The minimum atomic E-state index is -1.05. The first-order valence-corrected chi connectivity index (χ1v) is 9.35. The van der Waals surface area contributed by atoms with Gasteiger partial charge in [-0.25, -0.2) is 0 Å². The van der Waals surface area contributed by atoms with Crippen LogP contribution >= 0.6 is 0 Å². The number of carbonyl (C=O) groups is 1. The molecule has 6 nitrogen and oxygen atoms in total. The van der Waals surface area contributed by atoms with Gasteiger partial charge >= 0.3 is 0 Å². The van der Waals surface area contributed by atoms with Crippen molar-refractivity contribution in [2.45, 2.75) is 38.2 Å². The van der Waals surface area contributed by atoms with Crippen LogP contribution < -0.4 is 14.2 Å². The van der Waals surface area contributed by atoms with Crippen molar-refractivity contribution in [1.29, 1.82) is 0 Å². The minimum Gasteiger partial charge on any atom is -0.507 e. The molecule has 3 rings (SSSR count). The molecule has 0 fully saturated rings. The second-order valence-corrected chi connectivity index (χ2v) is 6.93. The highest BCUT2D eigenvalue weighted by Crippen LogP contribution is 2.49. The molecule has 2 N–H and O–H groups in total. The molecule has 1 unspecified atom stereocenters. The molecule has 4 bridgehead atoms. The first-order chi connectivity index (χ1) is 13.5. The fourth-order valence-electron chi connectivity index (χ4n) is 3.72. The largest absolute Gasteiger partial charge is 0.507 e. The number of hydrogen-bond acceptors (Lipinski definition) is 6. The van der Waals surface area contributed by atoms with Crippen LogP contribution in [0.25, 0.3) is 11.1 Å². The molecular formula is C22H26O6. The Morgan fingerprint density at radius 1 is 0.893 bits per heavy atom. The van der Waals surface area contributed by atoms with Crippen molar-refractivity contribution in [3.63, 3.8) is 0 Å². The standard InChI is InChI=1S/C22H26O6/c1-26-20-14-6-4-5-7-18(24)19(25)11-13-8-9-17(23)15(10-13)16(12-14)21(27-2)22(20)28-3/h8-10,12,19,23,25H,4-7,11H2,1-3H3. The molecule has 0 aliphatic heterocycles. The average Bonchev–Trinajstić information content (AvgIpc) is 2.70. The van der Waals surface area contributed by atoms with E-state index in [1.165, 1.54) is 7.11 Å². The summed E-state index contributed by atoms with van der Waals surface area (Å²) in [6.45, 7) is 0. The second-order valence-electron chi connectivity index (χ2n) is 6.93. The van der Waals surface area contributed by atoms with Gasteiger partial charge in [0, 0.05) is 24.0 Å². The highest BCUT2D eigenvalue weighted by atomic mass is 16.5. The van der Waals surface area contributed by atoms with E-state index in [1.807, 2.05) is 6.07 Å². The molecule has 6 heteroatoms. The van der Waals surface area contributed by atoms with Gasteiger partial charge in [0.15, 0.2) is 17.3 Å². The molecular weight excluding hydrogens is 360 g/mol. The molecule has 2 aromatic rings. The third kappa shape index (κ3) is 3.78. The number of methoxy groups -OCH3 is 3. The van der Waals surface area contributed by atoms with Gasteiger partial charge in [0.25, 0.3) is 0 Å². The summed E-state index contributed by atoms with van der Waals surface area (Å²) in [5.74, 6) is 1.42. The van der Waals surface area contributed by atoms with Gasteiger partial charge in [0.1, 0.15) is 11.9 Å². The van der Waals surface area contributed by atoms with E-state index in [4.69, 9.17) is 14.2 Å². The summed E-state index contributed by atoms with van der Waals surface area (Å²) in [5.41, 5.74) is 2.89. The molecule has 0 amide bonds. The van der Waals surface area contributed by atoms with Crippen LogP contribution in [0.2, 0.25) is 0 Å². The number of ether oxygens (including phenoxy) is 3. The number of hydrogen-bond donors (Lipinski definition) is 2. The van der Waals surface area contributed by atoms with E-state index < -0.39 is 6.10 Å². The number of phenolic OH excluding ortho intramolecular Hbond substituents is 1. The Hall–Kier alpha value is -2.73. The van der Waals surface area contributed by atoms with Crippen molar-refractivity contribution >= 4 is 5.78 Å². The van der Waals surface area contributed by atoms with Gasteiger partial charge in [-0.2, -0.15) is 0 Å². The lowest BCUT2D eigenvalue weighted by atomic mass is 9.95. The van der Waals surface area contributed by atoms with Gasteiger partial charge in [0.2, 0.25) is 5.75 Å². The summed E-state index contributed by atoms with van der Waals surface area (Å²) in [5, 5.41) is 20.8. The second kappa shape index (κ2) is 8.52. The number of aliphatic hydroxyl groups excluding tert-OH is 1. The number of Topliss-reactive ketones (excluding diaryl/α,β-unsaturated/α-hetero) is 1. The first kappa shape index (κ1) is 20.0. The van der Waals surface area contributed by atoms with Crippen LogP contribution in [-0.2, 0) is 17.6 Å². The van der Waals surface area contributed by atoms with E-state index in [0.717, 1.165) is 17.5 Å². The zero-order valence-electron chi connectivity index (χ0n) is 16.4. The zero-order chi connectivity index (χ0) is 20.3. The smallest absolute Gasteiger partial charge is 0.204 e. The number of phenols is 1. The Kier molecular flexibility index (Phi) is 6.09. The molecule has 2 aromatic carbocycles. The summed E-state index contributed by atoms with van der Waals surface area (Å²) < 4.78 is 16.8. The van der Waals surface area contributed by atoms with Crippen molar-refractivity contribution in [2.24, 2.45) is 0 Å². The third-order valence-electron chi connectivity index (χ3n) is 5.15. The maximum atomic E-state index is 12.2. The van der Waals surface area contributed by atoms with E-state index in [1.54, 1.807) is 32.4 Å². The Morgan fingerprint density at radius 2 is 1.57 bits per heavy atom. The third-order valence-corrected chi connectivity index (χ3v) is 5.15. The molecule has 0 saturated heterocycles. The summed E-state index contributed by atoms with van der Waals surface area (Å²) in [6.07, 6.45) is 1.58. The molecule has 1 aliphatic rings. The van der Waals surface area contributed by atoms with E-state index >= 15 is 0 Å². The first-order valence-electron chi connectivity index (χ1n) is 9.35. The summed E-state index contributed by atoms with van der Waals surface area (Å²) in [4.78, 5) is 12.2. The van der Waals surface area contributed by atoms with Crippen LogP contribution in [-0.4, -0.2) is 43.4 Å². The molecule has 28 heavy (non-hydrogen) atoms. The number of aromatic hydroxyl groups is 1. The van der Waals surface area contributed by atoms with Crippen molar-refractivity contribution in [3.05, 3.63) is 35.4 Å². The Balaban J connectivity index is 2.26. The lowest BCUT2D eigenvalue weighted by Gasteiger charge is -2.20. The van der Waals surface area contributed by atoms with Crippen LogP contribution in [0.3, 0.4) is 0 Å². The van der Waals surface area contributed by atoms with E-state index in [9.17, 15) is 15.0 Å². The number of rotatable bonds is 3. The Labute approximate surface area is 164 Å². The van der Waals surface area contributed by atoms with Crippen LogP contribution in [0.5, 0.6) is 23.0 Å². The van der Waals surface area contributed by atoms with Gasteiger partial charge < -0.3 is 24.4 Å². The number of ketones is 1. The molecule has 1 aliphatic carbocycles. The lowest BCUT2D eigenvalue weighted by Crippen LogP contribution is -2.22. The summed E-state index contributed by atoms with van der Waals surface area (Å²) in [7, 11) is 4.66. The SMILES string of the molecule is COc1c2cc(c(OC)c1OC)-c1cc(ccc1O)CC(O)C(=O)CCCC2. The monoisotopic (exact) mass is 386 g/mol. The normalized spacial score (nSPS) is 17.1. The lowest BCUT2D eigenvalue weighted by molar-refractivity contribution is -0.127. The van der Waals surface area contributed by atoms with Crippen molar-refractivity contribution < 1.29 is 29.2 Å². The van der Waals surface area contributed by atoms with Gasteiger partial charge in [0.05, 0.1) is 21.3 Å². The van der Waals surface area contributed by atoms with Crippen LogP contribution in [0.1, 0.15) is 30.4 Å². The van der Waals surface area contributed by atoms with E-state index in [2.05, 4.69) is 0 Å². The van der Waals surface area contributed by atoms with Gasteiger partial charge in [-0.1, -0.05) is 6.07 Å². The number of benzene rings is 2. The van der Waals surface area contributed by atoms with Crippen LogP contribution in [0, 0.1) is 0 Å². The van der Waals surface area contributed by atoms with Crippen LogP contribution in [0.15, 0.2) is 24.3 Å². The number of aryl methyl sites for hydroxylation is 1. The average molecular weight is 386 g/mol. The number of carbonyl (C=O) groups excluding carboxylic acids is 1. The maximum absolute atomic E-state index is 12.2. The summed E-state index contributed by atoms with van der Waals surface area (Å²) >= 11 is 0. The number of fused-ring (bicyclic) bond motifs is 5. The minimum absolute atomic E-state index is 0.0795. The molecule has 0 heterocycles. The van der Waals surface area contributed by atoms with Gasteiger partial charge in [-0.3, -0.25) is 4.79 Å². The quantitative estimate of drug-likeness (QED) is 0.842. The molecule has 0 radical (unpaired) electrons. The van der Waals surface area contributed by atoms with Gasteiger partial charge in [-0.15, -0.1) is 0 Å². The molecule has 0 aromatic heterocycles. The molecule has 150 valence electrons. The van der Waals surface area contributed by atoms with E-state index in [-0.39, 0.29) is 18.0 Å². The predicted molar refractivity (Wildman–Crippen MR) is 105 cm³/mol. The van der Waals surface area contributed by atoms with E-state index in [0.29, 0.717) is 47.6 Å². The predicted octanol–water partition coefficient (Wildman–Crippen LogP) is 3.28. The van der Waals surface area contributed by atoms with Crippen molar-refractivity contribution in [3.8, 4) is 34.1 Å². The summed E-state index contributed by atoms with van der Waals surface area (Å²) in [6, 6.07) is 6.99. The molecule has 0 saturated carbocycles. The fraction of sp³-hybridized carbons (Fsp3) is 0.409. The van der Waals surface area contributed by atoms with Crippen molar-refractivity contribution in [1.82, 2.24) is 0 Å². The Bertz CT molecular complexity index is 874. The number of aliphatic hydroxyl groups is 1. The van der Waals surface area contributed by atoms with Crippen molar-refractivity contribution in [2.75, 3.05) is 21.3 Å². The molecule has 0 spiro atoms. The Morgan fingerprint density at radius 3 is 2.25 bits per heavy atom. The highest BCUT2D eigenvalue weighted by Gasteiger charge is 2.24. The topological polar surface area (TPSA) is 85.2 Å². The van der Waals surface area contributed by atoms with Gasteiger partial charge in [-0.05, 0) is 48.6 Å². The fourth-order valence-corrected chi connectivity index (χ4v) is 3.72. The maximum Gasteiger partial charge on any atom is 0.204 e. The van der Waals surface area contributed by atoms with Crippen LogP contribution in [0.4, 0.5) is 0 Å². The highest BCUT2D eigenvalue weighted by molar-refractivity contribution is 5.84. The zero-order valence-corrected chi connectivity index (χ0v) is 16.4.